The number of rotatable bonds is 2. The molecule has 1 aliphatic rings. The van der Waals surface area contributed by atoms with Gasteiger partial charge in [-0.05, 0) is 30.7 Å². The summed E-state index contributed by atoms with van der Waals surface area (Å²) in [4.78, 5) is 8.58. The molecule has 0 amide bonds. The topological polar surface area (TPSA) is 89.0 Å². The lowest BCUT2D eigenvalue weighted by Gasteiger charge is -2.11. The number of aromatic nitrogens is 3. The van der Waals surface area contributed by atoms with Gasteiger partial charge < -0.3 is 20.7 Å². The Bertz CT molecular complexity index is 828. The first-order valence-corrected chi connectivity index (χ1v) is 7.35. The van der Waals surface area contributed by atoms with Gasteiger partial charge >= 0.3 is 0 Å². The van der Waals surface area contributed by atoms with Crippen molar-refractivity contribution in [1.29, 1.82) is 0 Å². The van der Waals surface area contributed by atoms with Crippen LogP contribution in [0.5, 0.6) is 5.75 Å². The van der Waals surface area contributed by atoms with Gasteiger partial charge in [0.25, 0.3) is 0 Å². The predicted octanol–water partition coefficient (Wildman–Crippen LogP) is 2.76. The molecular formula is C16H19Cl2N5O. The summed E-state index contributed by atoms with van der Waals surface area (Å²) in [5.74, 6) is 0.731. The highest BCUT2D eigenvalue weighted by Gasteiger charge is 2.22. The predicted molar refractivity (Wildman–Crippen MR) is 100 cm³/mol. The van der Waals surface area contributed by atoms with Crippen LogP contribution in [0.2, 0.25) is 0 Å². The molecule has 1 unspecified atom stereocenters. The molecule has 24 heavy (non-hydrogen) atoms. The van der Waals surface area contributed by atoms with E-state index in [2.05, 4.69) is 26.0 Å². The third-order valence-electron chi connectivity index (χ3n) is 4.24. The zero-order chi connectivity index (χ0) is 15.1. The first-order valence-electron chi connectivity index (χ1n) is 7.35. The van der Waals surface area contributed by atoms with E-state index < -0.39 is 0 Å². The third-order valence-corrected chi connectivity index (χ3v) is 4.24. The number of nitrogen functional groups attached to an aromatic ring is 1. The maximum Gasteiger partial charge on any atom is 0.146 e. The Morgan fingerprint density at radius 2 is 1.92 bits per heavy atom. The summed E-state index contributed by atoms with van der Waals surface area (Å²) < 4.78 is 2.19. The van der Waals surface area contributed by atoms with Crippen molar-refractivity contribution in [2.75, 3.05) is 18.8 Å². The van der Waals surface area contributed by atoms with Crippen molar-refractivity contribution in [3.63, 3.8) is 0 Å². The number of nitrogens with two attached hydrogens (primary N) is 1. The molecule has 2 aromatic heterocycles. The number of hydrogen-bond donors (Lipinski definition) is 3. The highest BCUT2D eigenvalue weighted by molar-refractivity contribution is 6.00. The van der Waals surface area contributed by atoms with Gasteiger partial charge in [-0.25, -0.2) is 9.97 Å². The van der Waals surface area contributed by atoms with Crippen molar-refractivity contribution in [3.8, 4) is 16.9 Å². The van der Waals surface area contributed by atoms with Crippen LogP contribution in [0.3, 0.4) is 0 Å². The number of fused-ring (bicyclic) bond motifs is 1. The standard InChI is InChI=1S/C16H17N5O.2ClH/c17-15-14-13(10-1-3-12(22)4-2-10)8-21(11-5-6-18-7-11)16(14)20-9-19-15;;/h1-4,8-9,11,18,22H,5-7H2,(H2,17,19,20);2*1H. The smallest absolute Gasteiger partial charge is 0.146 e. The Morgan fingerprint density at radius 1 is 1.17 bits per heavy atom. The van der Waals surface area contributed by atoms with E-state index in [-0.39, 0.29) is 30.6 Å². The van der Waals surface area contributed by atoms with Gasteiger partial charge in [-0.1, -0.05) is 12.1 Å². The number of anilines is 1. The molecule has 1 fully saturated rings. The number of nitrogens with zero attached hydrogens (tertiary/aromatic N) is 3. The van der Waals surface area contributed by atoms with Gasteiger partial charge in [0.2, 0.25) is 0 Å². The second-order valence-corrected chi connectivity index (χ2v) is 5.60. The van der Waals surface area contributed by atoms with Gasteiger partial charge in [0.15, 0.2) is 0 Å². The SMILES string of the molecule is Cl.Cl.Nc1ncnc2c1c(-c1ccc(O)cc1)cn2C1CCNC1. The average Bonchev–Trinajstić information content (AvgIpc) is 3.15. The summed E-state index contributed by atoms with van der Waals surface area (Å²) in [5, 5.41) is 13.7. The molecule has 6 nitrogen and oxygen atoms in total. The number of phenolic OH excluding ortho intramolecular Hbond substituents is 1. The molecule has 0 spiro atoms. The quantitative estimate of drug-likeness (QED) is 0.647. The van der Waals surface area contributed by atoms with E-state index in [0.29, 0.717) is 11.9 Å². The molecule has 3 aromatic rings. The molecule has 1 saturated heterocycles. The summed E-state index contributed by atoms with van der Waals surface area (Å²) in [7, 11) is 0. The maximum atomic E-state index is 9.49. The molecule has 4 rings (SSSR count). The molecule has 0 saturated carbocycles. The normalized spacial score (nSPS) is 16.6. The van der Waals surface area contributed by atoms with E-state index >= 15 is 0 Å². The zero-order valence-corrected chi connectivity index (χ0v) is 14.5. The number of halogens is 2. The van der Waals surface area contributed by atoms with Crippen molar-refractivity contribution in [2.24, 2.45) is 0 Å². The molecule has 8 heteroatoms. The molecule has 1 aliphatic heterocycles. The summed E-state index contributed by atoms with van der Waals surface area (Å²) in [5.41, 5.74) is 8.97. The van der Waals surface area contributed by atoms with Crippen molar-refractivity contribution in [2.45, 2.75) is 12.5 Å². The van der Waals surface area contributed by atoms with E-state index in [4.69, 9.17) is 5.73 Å². The molecule has 1 aromatic carbocycles. The molecule has 128 valence electrons. The van der Waals surface area contributed by atoms with Crippen LogP contribution in [-0.4, -0.2) is 32.7 Å². The van der Waals surface area contributed by atoms with Crippen molar-refractivity contribution >= 4 is 41.7 Å². The fraction of sp³-hybridized carbons (Fsp3) is 0.250. The molecule has 1 atom stereocenters. The molecule has 3 heterocycles. The Labute approximate surface area is 151 Å². The van der Waals surface area contributed by atoms with E-state index in [1.165, 1.54) is 6.33 Å². The Hall–Kier alpha value is -2.02. The van der Waals surface area contributed by atoms with Crippen LogP contribution in [0.25, 0.3) is 22.2 Å². The highest BCUT2D eigenvalue weighted by atomic mass is 35.5. The Kier molecular flexibility index (Phi) is 5.54. The van der Waals surface area contributed by atoms with Crippen molar-refractivity contribution in [1.82, 2.24) is 19.9 Å². The third kappa shape index (κ3) is 3.00. The van der Waals surface area contributed by atoms with Crippen LogP contribution in [-0.2, 0) is 0 Å². The number of nitrogens with one attached hydrogen (secondary N) is 1. The molecule has 0 radical (unpaired) electrons. The molecule has 4 N–H and O–H groups in total. The van der Waals surface area contributed by atoms with Crippen LogP contribution >= 0.6 is 24.8 Å². The second kappa shape index (κ2) is 7.25. The van der Waals surface area contributed by atoms with E-state index in [1.54, 1.807) is 12.1 Å². The maximum absolute atomic E-state index is 9.49. The van der Waals surface area contributed by atoms with Gasteiger partial charge in [-0.2, -0.15) is 0 Å². The summed E-state index contributed by atoms with van der Waals surface area (Å²) in [6, 6.07) is 7.50. The fourth-order valence-corrected chi connectivity index (χ4v) is 3.12. The number of aromatic hydroxyl groups is 1. The number of benzene rings is 1. The number of hydrogen-bond acceptors (Lipinski definition) is 5. The summed E-state index contributed by atoms with van der Waals surface area (Å²) in [6.07, 6.45) is 4.68. The minimum atomic E-state index is 0. The van der Waals surface area contributed by atoms with Crippen LogP contribution in [0.4, 0.5) is 5.82 Å². The lowest BCUT2D eigenvalue weighted by atomic mass is 10.1. The molecule has 0 aliphatic carbocycles. The summed E-state index contributed by atoms with van der Waals surface area (Å²) in [6.45, 7) is 1.95. The summed E-state index contributed by atoms with van der Waals surface area (Å²) >= 11 is 0. The first kappa shape index (κ1) is 18.3. The van der Waals surface area contributed by atoms with Crippen molar-refractivity contribution < 1.29 is 5.11 Å². The van der Waals surface area contributed by atoms with Gasteiger partial charge in [0.05, 0.1) is 5.39 Å². The first-order chi connectivity index (χ1) is 10.7. The highest BCUT2D eigenvalue weighted by Crippen LogP contribution is 2.35. The Morgan fingerprint density at radius 3 is 2.58 bits per heavy atom. The van der Waals surface area contributed by atoms with E-state index in [1.807, 2.05) is 12.1 Å². The van der Waals surface area contributed by atoms with Crippen LogP contribution < -0.4 is 11.1 Å². The van der Waals surface area contributed by atoms with Gasteiger partial charge in [-0.3, -0.25) is 0 Å². The van der Waals surface area contributed by atoms with Crippen LogP contribution in [0, 0.1) is 0 Å². The lowest BCUT2D eigenvalue weighted by molar-refractivity contribution is 0.475. The van der Waals surface area contributed by atoms with E-state index in [0.717, 1.165) is 41.7 Å². The van der Waals surface area contributed by atoms with E-state index in [9.17, 15) is 5.11 Å². The average molecular weight is 368 g/mol. The van der Waals surface area contributed by atoms with Crippen LogP contribution in [0.1, 0.15) is 12.5 Å². The van der Waals surface area contributed by atoms with Crippen LogP contribution in [0.15, 0.2) is 36.8 Å². The Balaban J connectivity index is 0.00000104. The molecule has 0 bridgehead atoms. The zero-order valence-electron chi connectivity index (χ0n) is 12.8. The minimum absolute atomic E-state index is 0. The van der Waals surface area contributed by atoms with Crippen molar-refractivity contribution in [3.05, 3.63) is 36.8 Å². The minimum Gasteiger partial charge on any atom is -0.508 e. The largest absolute Gasteiger partial charge is 0.508 e. The van der Waals surface area contributed by atoms with Gasteiger partial charge in [0, 0.05) is 24.3 Å². The van der Waals surface area contributed by atoms with Gasteiger partial charge in [-0.15, -0.1) is 24.8 Å². The monoisotopic (exact) mass is 367 g/mol. The lowest BCUT2D eigenvalue weighted by Crippen LogP contribution is -2.13. The molecular weight excluding hydrogens is 349 g/mol. The van der Waals surface area contributed by atoms with Gasteiger partial charge in [0.1, 0.15) is 23.5 Å². The second-order valence-electron chi connectivity index (χ2n) is 5.60. The fourth-order valence-electron chi connectivity index (χ4n) is 3.12. The number of phenols is 1.